The molecule has 2 aromatic rings. The number of carbonyl (C=O) groups is 1. The number of amides is 1. The summed E-state index contributed by atoms with van der Waals surface area (Å²) in [5.41, 5.74) is 1.47. The summed E-state index contributed by atoms with van der Waals surface area (Å²) in [5, 5.41) is 5.92. The van der Waals surface area contributed by atoms with E-state index < -0.39 is 0 Å². The summed E-state index contributed by atoms with van der Waals surface area (Å²) in [6, 6.07) is 12.4. The van der Waals surface area contributed by atoms with Crippen LogP contribution >= 0.6 is 24.0 Å². The summed E-state index contributed by atoms with van der Waals surface area (Å²) in [4.78, 5) is 18.0. The van der Waals surface area contributed by atoms with Crippen molar-refractivity contribution >= 4 is 35.8 Å². The first-order valence-corrected chi connectivity index (χ1v) is 8.65. The molecular formula is C20H25F2IN4O. The van der Waals surface area contributed by atoms with Gasteiger partial charge in [-0.25, -0.2) is 8.78 Å². The summed E-state index contributed by atoms with van der Waals surface area (Å²) < 4.78 is 26.4. The van der Waals surface area contributed by atoms with Gasteiger partial charge in [-0.15, -0.1) is 24.0 Å². The van der Waals surface area contributed by atoms with Gasteiger partial charge in [0.1, 0.15) is 11.6 Å². The second-order valence-electron chi connectivity index (χ2n) is 6.12. The van der Waals surface area contributed by atoms with E-state index in [4.69, 9.17) is 0 Å². The zero-order valence-corrected chi connectivity index (χ0v) is 18.2. The number of halogens is 3. The normalized spacial score (nSPS) is 10.8. The van der Waals surface area contributed by atoms with Gasteiger partial charge in [0.25, 0.3) is 0 Å². The SMILES string of the molecule is CN=C(NCCNC(=O)Cc1cccc(F)c1)N(C)Cc1cccc(F)c1.I. The minimum atomic E-state index is -0.355. The Bertz CT molecular complexity index is 801. The third kappa shape index (κ3) is 8.20. The van der Waals surface area contributed by atoms with Crippen molar-refractivity contribution in [2.45, 2.75) is 13.0 Å². The van der Waals surface area contributed by atoms with Gasteiger partial charge in [0.2, 0.25) is 5.91 Å². The van der Waals surface area contributed by atoms with E-state index in [2.05, 4.69) is 15.6 Å². The second-order valence-corrected chi connectivity index (χ2v) is 6.12. The Balaban J connectivity index is 0.00000392. The third-order valence-electron chi connectivity index (χ3n) is 3.87. The molecule has 0 fully saturated rings. The molecule has 1 amide bonds. The Labute approximate surface area is 181 Å². The first-order valence-electron chi connectivity index (χ1n) is 8.65. The lowest BCUT2D eigenvalue weighted by molar-refractivity contribution is -0.120. The summed E-state index contributed by atoms with van der Waals surface area (Å²) in [6.07, 6.45) is 0.131. The standard InChI is InChI=1S/C20H24F2N4O.HI/c1-23-20(26(2)14-16-6-4-8-18(22)12-16)25-10-9-24-19(27)13-15-5-3-7-17(21)11-15;/h3-8,11-12H,9-10,13-14H2,1-2H3,(H,23,25)(H,24,27);1H. The molecule has 0 aromatic heterocycles. The van der Waals surface area contributed by atoms with Crippen LogP contribution in [0.3, 0.4) is 0 Å². The smallest absolute Gasteiger partial charge is 0.224 e. The highest BCUT2D eigenvalue weighted by Gasteiger charge is 2.08. The molecular weight excluding hydrogens is 477 g/mol. The van der Waals surface area contributed by atoms with Crippen LogP contribution in [0.25, 0.3) is 0 Å². The maximum atomic E-state index is 13.3. The molecule has 2 rings (SSSR count). The van der Waals surface area contributed by atoms with E-state index in [0.29, 0.717) is 31.2 Å². The number of rotatable bonds is 7. The number of benzene rings is 2. The highest BCUT2D eigenvalue weighted by Crippen LogP contribution is 2.06. The van der Waals surface area contributed by atoms with E-state index in [1.54, 1.807) is 25.2 Å². The Kier molecular flexibility index (Phi) is 10.4. The number of carbonyl (C=O) groups excluding carboxylic acids is 1. The number of hydrogen-bond acceptors (Lipinski definition) is 2. The molecule has 0 bridgehead atoms. The molecule has 2 aromatic carbocycles. The van der Waals surface area contributed by atoms with Crippen LogP contribution in [-0.4, -0.2) is 44.0 Å². The monoisotopic (exact) mass is 502 g/mol. The molecule has 0 radical (unpaired) electrons. The lowest BCUT2D eigenvalue weighted by Gasteiger charge is -2.22. The van der Waals surface area contributed by atoms with Crippen molar-refractivity contribution in [2.24, 2.45) is 4.99 Å². The van der Waals surface area contributed by atoms with Crippen molar-refractivity contribution in [3.8, 4) is 0 Å². The molecule has 0 saturated heterocycles. The second kappa shape index (κ2) is 12.3. The maximum absolute atomic E-state index is 13.3. The zero-order valence-electron chi connectivity index (χ0n) is 15.9. The van der Waals surface area contributed by atoms with Crippen molar-refractivity contribution in [1.82, 2.24) is 15.5 Å². The van der Waals surface area contributed by atoms with E-state index in [0.717, 1.165) is 5.56 Å². The van der Waals surface area contributed by atoms with Gasteiger partial charge in [0, 0.05) is 33.7 Å². The maximum Gasteiger partial charge on any atom is 0.224 e. The van der Waals surface area contributed by atoms with E-state index >= 15 is 0 Å². The molecule has 0 atom stereocenters. The first kappa shape index (κ1) is 23.8. The van der Waals surface area contributed by atoms with Crippen LogP contribution in [0.15, 0.2) is 53.5 Å². The lowest BCUT2D eigenvalue weighted by atomic mass is 10.1. The summed E-state index contributed by atoms with van der Waals surface area (Å²) in [7, 11) is 3.51. The molecule has 2 N–H and O–H groups in total. The minimum Gasteiger partial charge on any atom is -0.354 e. The highest BCUT2D eigenvalue weighted by atomic mass is 127. The van der Waals surface area contributed by atoms with Gasteiger partial charge in [-0.3, -0.25) is 9.79 Å². The first-order chi connectivity index (χ1) is 13.0. The average Bonchev–Trinajstić information content (AvgIpc) is 2.61. The number of nitrogens with one attached hydrogen (secondary N) is 2. The topological polar surface area (TPSA) is 56.7 Å². The van der Waals surface area contributed by atoms with Crippen molar-refractivity contribution in [1.29, 1.82) is 0 Å². The minimum absolute atomic E-state index is 0. The molecule has 0 aliphatic carbocycles. The number of aliphatic imine (C=N–C) groups is 1. The number of hydrogen-bond donors (Lipinski definition) is 2. The number of guanidine groups is 1. The van der Waals surface area contributed by atoms with Crippen LogP contribution in [0.4, 0.5) is 8.78 Å². The molecule has 0 heterocycles. The predicted molar refractivity (Wildman–Crippen MR) is 118 cm³/mol. The van der Waals surface area contributed by atoms with Crippen LogP contribution < -0.4 is 10.6 Å². The molecule has 0 aliphatic heterocycles. The quantitative estimate of drug-likeness (QED) is 0.265. The van der Waals surface area contributed by atoms with Gasteiger partial charge in [-0.05, 0) is 35.4 Å². The van der Waals surface area contributed by atoms with Gasteiger partial charge < -0.3 is 15.5 Å². The van der Waals surface area contributed by atoms with Gasteiger partial charge in [0.05, 0.1) is 6.42 Å². The fourth-order valence-corrected chi connectivity index (χ4v) is 2.64. The van der Waals surface area contributed by atoms with Crippen molar-refractivity contribution in [3.05, 3.63) is 71.3 Å². The largest absolute Gasteiger partial charge is 0.354 e. The van der Waals surface area contributed by atoms with Gasteiger partial charge >= 0.3 is 0 Å². The summed E-state index contributed by atoms with van der Waals surface area (Å²) in [6.45, 7) is 1.39. The van der Waals surface area contributed by atoms with E-state index in [-0.39, 0.29) is 47.9 Å². The van der Waals surface area contributed by atoms with E-state index in [1.807, 2.05) is 18.0 Å². The zero-order chi connectivity index (χ0) is 19.6. The highest BCUT2D eigenvalue weighted by molar-refractivity contribution is 14.0. The number of nitrogens with zero attached hydrogens (tertiary/aromatic N) is 2. The molecule has 152 valence electrons. The van der Waals surface area contributed by atoms with Crippen LogP contribution in [0.2, 0.25) is 0 Å². The fraction of sp³-hybridized carbons (Fsp3) is 0.300. The Morgan fingerprint density at radius 1 is 1.00 bits per heavy atom. The van der Waals surface area contributed by atoms with Crippen LogP contribution in [0, 0.1) is 11.6 Å². The molecule has 5 nitrogen and oxygen atoms in total. The molecule has 8 heteroatoms. The Hall–Kier alpha value is -2.23. The van der Waals surface area contributed by atoms with Gasteiger partial charge in [-0.2, -0.15) is 0 Å². The van der Waals surface area contributed by atoms with E-state index in [1.165, 1.54) is 24.3 Å². The van der Waals surface area contributed by atoms with Crippen LogP contribution in [-0.2, 0) is 17.8 Å². The third-order valence-corrected chi connectivity index (χ3v) is 3.87. The molecule has 28 heavy (non-hydrogen) atoms. The predicted octanol–water partition coefficient (Wildman–Crippen LogP) is 2.95. The van der Waals surface area contributed by atoms with Gasteiger partial charge in [-0.1, -0.05) is 24.3 Å². The molecule has 0 aliphatic rings. The van der Waals surface area contributed by atoms with Gasteiger partial charge in [0.15, 0.2) is 5.96 Å². The van der Waals surface area contributed by atoms with Crippen LogP contribution in [0.5, 0.6) is 0 Å². The molecule has 0 unspecified atom stereocenters. The lowest BCUT2D eigenvalue weighted by Crippen LogP contribution is -2.42. The summed E-state index contributed by atoms with van der Waals surface area (Å²) in [5.74, 6) is -0.166. The summed E-state index contributed by atoms with van der Waals surface area (Å²) >= 11 is 0. The molecule has 0 saturated carbocycles. The van der Waals surface area contributed by atoms with E-state index in [9.17, 15) is 13.6 Å². The Morgan fingerprint density at radius 3 is 2.18 bits per heavy atom. The fourth-order valence-electron chi connectivity index (χ4n) is 2.64. The Morgan fingerprint density at radius 2 is 1.57 bits per heavy atom. The molecule has 0 spiro atoms. The van der Waals surface area contributed by atoms with Crippen molar-refractivity contribution in [2.75, 3.05) is 27.2 Å². The van der Waals surface area contributed by atoms with Crippen molar-refractivity contribution in [3.63, 3.8) is 0 Å². The van der Waals surface area contributed by atoms with Crippen molar-refractivity contribution < 1.29 is 13.6 Å². The average molecular weight is 502 g/mol. The van der Waals surface area contributed by atoms with Crippen LogP contribution in [0.1, 0.15) is 11.1 Å².